The maximum atomic E-state index is 12.8. The molecule has 0 amide bonds. The minimum absolute atomic E-state index is 0.0919. The van der Waals surface area contributed by atoms with E-state index in [1.807, 2.05) is 0 Å². The predicted octanol–water partition coefficient (Wildman–Crippen LogP) is 9.62. The molecule has 0 spiro atoms. The number of ether oxygens (including phenoxy) is 2. The molecule has 0 bridgehead atoms. The first-order valence-electron chi connectivity index (χ1n) is 24.1. The highest BCUT2D eigenvalue weighted by Gasteiger charge is 2.51. The third-order valence-corrected chi connectivity index (χ3v) is 12.3. The fraction of sp³-hybridized carbons (Fsp3) is 0.872. The molecule has 0 aromatic rings. The lowest BCUT2D eigenvalue weighted by atomic mass is 9.85. The van der Waals surface area contributed by atoms with Crippen LogP contribution >= 0.6 is 7.82 Å². The van der Waals surface area contributed by atoms with Gasteiger partial charge in [-0.3, -0.25) is 18.6 Å². The number of unbranched alkanes of at least 4 members (excludes halogenated alkanes) is 24. The number of carbonyl (C=O) groups excluding carboxylic acids is 2. The lowest BCUT2D eigenvalue weighted by Gasteiger charge is -2.41. The van der Waals surface area contributed by atoms with Crippen molar-refractivity contribution in [3.05, 3.63) is 24.3 Å². The molecule has 0 heterocycles. The summed E-state index contributed by atoms with van der Waals surface area (Å²) in [7, 11) is -5.12. The van der Waals surface area contributed by atoms with Crippen LogP contribution in [0.5, 0.6) is 0 Å². The molecule has 14 heteroatoms. The quantitative estimate of drug-likeness (QED) is 0.0147. The highest BCUT2D eigenvalue weighted by Crippen LogP contribution is 2.47. The predicted molar refractivity (Wildman–Crippen MR) is 240 cm³/mol. The van der Waals surface area contributed by atoms with Crippen LogP contribution in [0, 0.1) is 0 Å². The minimum atomic E-state index is -5.12. The third-order valence-electron chi connectivity index (χ3n) is 11.3. The summed E-state index contributed by atoms with van der Waals surface area (Å²) in [5.41, 5.74) is 0. The zero-order valence-corrected chi connectivity index (χ0v) is 38.9. The Labute approximate surface area is 368 Å². The summed E-state index contributed by atoms with van der Waals surface area (Å²) in [6.45, 7) is 3.29. The zero-order valence-electron chi connectivity index (χ0n) is 38.0. The maximum absolute atomic E-state index is 12.8. The van der Waals surface area contributed by atoms with Gasteiger partial charge in [-0.25, -0.2) is 4.57 Å². The molecule has 1 fully saturated rings. The smallest absolute Gasteiger partial charge is 0.462 e. The van der Waals surface area contributed by atoms with Crippen molar-refractivity contribution in [2.45, 2.75) is 249 Å². The second-order valence-corrected chi connectivity index (χ2v) is 18.4. The van der Waals surface area contributed by atoms with Crippen LogP contribution in [-0.2, 0) is 32.7 Å². The fourth-order valence-corrected chi connectivity index (χ4v) is 8.31. The van der Waals surface area contributed by atoms with E-state index in [0.29, 0.717) is 12.8 Å². The van der Waals surface area contributed by atoms with E-state index in [1.54, 1.807) is 0 Å². The molecule has 358 valence electrons. The SMILES string of the molecule is CCCCCCCC/C=C\CCCCCCCCCC(=O)OC(COC(=O)CCCCCCC/C=C\CCCCCCCC)COP(=O)(O)OC1C(O)C(O)C(O)C(O)C1O. The van der Waals surface area contributed by atoms with Gasteiger partial charge in [0, 0.05) is 12.8 Å². The van der Waals surface area contributed by atoms with Crippen LogP contribution in [0.25, 0.3) is 0 Å². The number of hydrogen-bond acceptors (Lipinski definition) is 12. The van der Waals surface area contributed by atoms with Crippen molar-refractivity contribution in [3.63, 3.8) is 0 Å². The van der Waals surface area contributed by atoms with Gasteiger partial charge in [0.1, 0.15) is 43.2 Å². The van der Waals surface area contributed by atoms with E-state index in [9.17, 15) is 44.6 Å². The van der Waals surface area contributed by atoms with Gasteiger partial charge in [-0.2, -0.15) is 0 Å². The number of esters is 2. The van der Waals surface area contributed by atoms with Gasteiger partial charge in [-0.15, -0.1) is 0 Å². The molecule has 0 radical (unpaired) electrons. The zero-order chi connectivity index (χ0) is 45.0. The van der Waals surface area contributed by atoms with Crippen molar-refractivity contribution in [1.82, 2.24) is 0 Å². The van der Waals surface area contributed by atoms with Crippen LogP contribution in [0.3, 0.4) is 0 Å². The monoisotopic (exact) mass is 891 g/mol. The summed E-state index contributed by atoms with van der Waals surface area (Å²) in [5, 5.41) is 50.2. The van der Waals surface area contributed by atoms with Crippen molar-refractivity contribution in [1.29, 1.82) is 0 Å². The summed E-state index contributed by atoms with van der Waals surface area (Å²) >= 11 is 0. The van der Waals surface area contributed by atoms with Crippen LogP contribution in [0.2, 0.25) is 0 Å². The molecule has 0 aliphatic heterocycles. The first kappa shape index (κ1) is 57.3. The highest BCUT2D eigenvalue weighted by molar-refractivity contribution is 7.47. The number of rotatable bonds is 40. The molecular weight excluding hydrogens is 803 g/mol. The third kappa shape index (κ3) is 30.2. The Kier molecular flexibility index (Phi) is 35.4. The lowest BCUT2D eigenvalue weighted by molar-refractivity contribution is -0.220. The summed E-state index contributed by atoms with van der Waals surface area (Å²) in [4.78, 5) is 35.7. The Morgan fingerprint density at radius 1 is 0.492 bits per heavy atom. The number of aliphatic hydroxyl groups excluding tert-OH is 5. The topological polar surface area (TPSA) is 210 Å². The molecule has 6 atom stereocenters. The Morgan fingerprint density at radius 3 is 1.25 bits per heavy atom. The lowest BCUT2D eigenvalue weighted by Crippen LogP contribution is -2.64. The van der Waals surface area contributed by atoms with E-state index in [4.69, 9.17) is 18.5 Å². The summed E-state index contributed by atoms with van der Waals surface area (Å²) < 4.78 is 33.6. The van der Waals surface area contributed by atoms with Crippen molar-refractivity contribution < 1.29 is 63.1 Å². The average molecular weight is 891 g/mol. The first-order chi connectivity index (χ1) is 29.4. The summed E-state index contributed by atoms with van der Waals surface area (Å²) in [6.07, 6.45) is 28.0. The number of carbonyl (C=O) groups is 2. The molecule has 13 nitrogen and oxygen atoms in total. The van der Waals surface area contributed by atoms with Gasteiger partial charge in [0.25, 0.3) is 0 Å². The van der Waals surface area contributed by atoms with Gasteiger partial charge < -0.3 is 39.9 Å². The maximum Gasteiger partial charge on any atom is 0.472 e. The van der Waals surface area contributed by atoms with Gasteiger partial charge in [0.05, 0.1) is 6.61 Å². The molecule has 0 aromatic heterocycles. The molecular formula is C47H87O13P. The van der Waals surface area contributed by atoms with E-state index >= 15 is 0 Å². The number of phosphoric ester groups is 1. The standard InChI is InChI=1S/C47H87O13P/c1-3-5-7-9-11-13-15-17-19-20-22-24-26-28-30-32-34-36-41(49)59-39(38-58-61(55,56)60-47-45(53)43(51)42(50)44(52)46(47)54)37-57-40(48)35-33-31-29-27-25-23-21-18-16-14-12-10-8-6-4-2/h17-19,21,39,42-47,50-54H,3-16,20,22-38H2,1-2H3,(H,55,56)/b19-17-,21-18-. The first-order valence-corrected chi connectivity index (χ1v) is 25.6. The van der Waals surface area contributed by atoms with E-state index in [2.05, 4.69) is 38.2 Å². The fourth-order valence-electron chi connectivity index (χ4n) is 7.34. The normalized spacial score (nSPS) is 22.2. The van der Waals surface area contributed by atoms with E-state index in [1.165, 1.54) is 96.3 Å². The van der Waals surface area contributed by atoms with E-state index in [-0.39, 0.29) is 12.8 Å². The highest BCUT2D eigenvalue weighted by atomic mass is 31.2. The van der Waals surface area contributed by atoms with Gasteiger partial charge in [-0.1, -0.05) is 154 Å². The van der Waals surface area contributed by atoms with Gasteiger partial charge >= 0.3 is 19.8 Å². The van der Waals surface area contributed by atoms with E-state index < -0.39 is 75.7 Å². The molecule has 1 aliphatic rings. The summed E-state index contributed by atoms with van der Waals surface area (Å²) in [6, 6.07) is 0. The molecule has 6 unspecified atom stereocenters. The Hall–Kier alpha value is -1.67. The average Bonchev–Trinajstić information content (AvgIpc) is 3.24. The molecule has 1 saturated carbocycles. The van der Waals surface area contributed by atoms with Crippen LogP contribution in [0.4, 0.5) is 0 Å². The Bertz CT molecular complexity index is 1170. The molecule has 0 aromatic carbocycles. The number of hydrogen-bond donors (Lipinski definition) is 6. The second kappa shape index (κ2) is 37.7. The minimum Gasteiger partial charge on any atom is -0.462 e. The molecule has 0 saturated heterocycles. The number of allylic oxidation sites excluding steroid dienone is 4. The van der Waals surface area contributed by atoms with Crippen LogP contribution in [0.1, 0.15) is 206 Å². The number of phosphoric acid groups is 1. The van der Waals surface area contributed by atoms with E-state index in [0.717, 1.165) is 70.6 Å². The molecule has 6 N–H and O–H groups in total. The Balaban J connectivity index is 2.44. The molecule has 1 aliphatic carbocycles. The van der Waals surface area contributed by atoms with Gasteiger partial charge in [-0.05, 0) is 64.2 Å². The molecule has 1 rings (SSSR count). The van der Waals surface area contributed by atoms with Crippen molar-refractivity contribution in [3.8, 4) is 0 Å². The summed E-state index contributed by atoms with van der Waals surface area (Å²) in [5.74, 6) is -1.11. The number of aliphatic hydroxyl groups is 5. The van der Waals surface area contributed by atoms with Gasteiger partial charge in [0.15, 0.2) is 6.10 Å². The second-order valence-electron chi connectivity index (χ2n) is 17.0. The Morgan fingerprint density at radius 2 is 0.836 bits per heavy atom. The van der Waals surface area contributed by atoms with Crippen LogP contribution < -0.4 is 0 Å². The van der Waals surface area contributed by atoms with Gasteiger partial charge in [0.2, 0.25) is 0 Å². The van der Waals surface area contributed by atoms with Crippen molar-refractivity contribution in [2.24, 2.45) is 0 Å². The van der Waals surface area contributed by atoms with Crippen LogP contribution in [0.15, 0.2) is 24.3 Å². The van der Waals surface area contributed by atoms with Crippen molar-refractivity contribution >= 4 is 19.8 Å². The largest absolute Gasteiger partial charge is 0.472 e. The van der Waals surface area contributed by atoms with Crippen LogP contribution in [-0.4, -0.2) is 98.3 Å². The van der Waals surface area contributed by atoms with Crippen molar-refractivity contribution in [2.75, 3.05) is 13.2 Å². The molecule has 61 heavy (non-hydrogen) atoms.